The molecule has 5 heteroatoms. The van der Waals surface area contributed by atoms with Crippen LogP contribution in [0.4, 0.5) is 0 Å². The number of carbonyl (C=O) groups is 2. The van der Waals surface area contributed by atoms with E-state index in [1.807, 2.05) is 0 Å². The lowest BCUT2D eigenvalue weighted by Crippen LogP contribution is -2.16. The van der Waals surface area contributed by atoms with Crippen molar-refractivity contribution >= 4 is 22.7 Å². The fourth-order valence-corrected chi connectivity index (χ4v) is 1.34. The van der Waals surface area contributed by atoms with Crippen LogP contribution in [-0.4, -0.2) is 21.8 Å². The Bertz CT molecular complexity index is 570. The zero-order chi connectivity index (χ0) is 11.7. The number of hydrogen-bond acceptors (Lipinski definition) is 4. The van der Waals surface area contributed by atoms with E-state index in [9.17, 15) is 14.7 Å². The zero-order valence-corrected chi connectivity index (χ0v) is 8.48. The van der Waals surface area contributed by atoms with E-state index < -0.39 is 11.8 Å². The van der Waals surface area contributed by atoms with Crippen molar-refractivity contribution in [3.8, 4) is 11.5 Å². The number of phenols is 1. The number of hydrogen-bond donors (Lipinski definition) is 2. The maximum Gasteiger partial charge on any atom is 0.379 e. The summed E-state index contributed by atoms with van der Waals surface area (Å²) in [5.74, 6) is -1.31. The van der Waals surface area contributed by atoms with Crippen LogP contribution in [-0.2, 0) is 9.59 Å². The standard InChI is InChI=1S/C11H9NO4/c1-6(13)11(15)16-10-5-12-9-3-2-7(14)4-8(9)10/h2-5,12,14H,1H3. The molecule has 2 N–H and O–H groups in total. The third-order valence-corrected chi connectivity index (χ3v) is 2.12. The molecule has 16 heavy (non-hydrogen) atoms. The first kappa shape index (κ1) is 10.2. The molecule has 0 bridgehead atoms. The number of aromatic hydroxyl groups is 1. The lowest BCUT2D eigenvalue weighted by Gasteiger charge is -1.99. The van der Waals surface area contributed by atoms with Gasteiger partial charge in [0.05, 0.1) is 0 Å². The van der Waals surface area contributed by atoms with Crippen molar-refractivity contribution in [2.75, 3.05) is 0 Å². The van der Waals surface area contributed by atoms with E-state index in [1.54, 1.807) is 6.07 Å². The van der Waals surface area contributed by atoms with Crippen molar-refractivity contribution in [3.05, 3.63) is 24.4 Å². The number of phenolic OH excluding ortho intramolecular Hbond substituents is 1. The molecule has 1 heterocycles. The van der Waals surface area contributed by atoms with Gasteiger partial charge in [0.25, 0.3) is 0 Å². The van der Waals surface area contributed by atoms with Crippen LogP contribution in [0.25, 0.3) is 10.9 Å². The highest BCUT2D eigenvalue weighted by Crippen LogP contribution is 2.28. The Morgan fingerprint density at radius 3 is 2.81 bits per heavy atom. The summed E-state index contributed by atoms with van der Waals surface area (Å²) in [5, 5.41) is 9.85. The Balaban J connectivity index is 2.41. The van der Waals surface area contributed by atoms with Gasteiger partial charge in [0.2, 0.25) is 5.78 Å². The topological polar surface area (TPSA) is 79.4 Å². The van der Waals surface area contributed by atoms with Crippen molar-refractivity contribution < 1.29 is 19.4 Å². The highest BCUT2D eigenvalue weighted by atomic mass is 16.5. The summed E-state index contributed by atoms with van der Waals surface area (Å²) in [5.41, 5.74) is 0.712. The Hall–Kier alpha value is -2.30. The largest absolute Gasteiger partial charge is 0.508 e. The summed E-state index contributed by atoms with van der Waals surface area (Å²) in [6.07, 6.45) is 1.46. The van der Waals surface area contributed by atoms with Gasteiger partial charge in [-0.05, 0) is 18.2 Å². The molecular formula is C11H9NO4. The highest BCUT2D eigenvalue weighted by molar-refractivity contribution is 6.33. The summed E-state index contributed by atoms with van der Waals surface area (Å²) in [6, 6.07) is 4.61. The molecule has 0 aliphatic rings. The second-order valence-electron chi connectivity index (χ2n) is 3.33. The predicted octanol–water partition coefficient (Wildman–Crippen LogP) is 1.37. The molecule has 1 aromatic heterocycles. The molecule has 0 amide bonds. The number of H-pyrrole nitrogens is 1. The number of carbonyl (C=O) groups excluding carboxylic acids is 2. The monoisotopic (exact) mass is 219 g/mol. The van der Waals surface area contributed by atoms with Gasteiger partial charge < -0.3 is 14.8 Å². The fraction of sp³-hybridized carbons (Fsp3) is 0.0909. The number of rotatable bonds is 2. The van der Waals surface area contributed by atoms with Crippen LogP contribution in [0.15, 0.2) is 24.4 Å². The first-order valence-electron chi connectivity index (χ1n) is 4.61. The fourth-order valence-electron chi connectivity index (χ4n) is 1.34. The summed E-state index contributed by atoms with van der Waals surface area (Å²) < 4.78 is 4.85. The number of aromatic nitrogens is 1. The molecule has 1 aromatic carbocycles. The summed E-state index contributed by atoms with van der Waals surface area (Å²) in [7, 11) is 0. The number of aromatic amines is 1. The highest BCUT2D eigenvalue weighted by Gasteiger charge is 2.13. The second kappa shape index (κ2) is 3.69. The average molecular weight is 219 g/mol. The molecule has 0 spiro atoms. The summed E-state index contributed by atoms with van der Waals surface area (Å²) >= 11 is 0. The molecule has 0 saturated heterocycles. The minimum atomic E-state index is -0.927. The molecule has 0 aliphatic carbocycles. The van der Waals surface area contributed by atoms with Crippen molar-refractivity contribution in [2.24, 2.45) is 0 Å². The van der Waals surface area contributed by atoms with Gasteiger partial charge in [-0.2, -0.15) is 0 Å². The summed E-state index contributed by atoms with van der Waals surface area (Å²) in [6.45, 7) is 1.13. The smallest absolute Gasteiger partial charge is 0.379 e. The van der Waals surface area contributed by atoms with Crippen LogP contribution in [0.1, 0.15) is 6.92 Å². The number of fused-ring (bicyclic) bond motifs is 1. The number of benzene rings is 1. The lowest BCUT2D eigenvalue weighted by atomic mass is 10.2. The van der Waals surface area contributed by atoms with Crippen molar-refractivity contribution in [2.45, 2.75) is 6.92 Å². The van der Waals surface area contributed by atoms with E-state index in [0.29, 0.717) is 10.9 Å². The van der Waals surface area contributed by atoms with Crippen LogP contribution in [0.2, 0.25) is 0 Å². The Kier molecular flexibility index (Phi) is 2.36. The number of esters is 1. The third kappa shape index (κ3) is 1.75. The van der Waals surface area contributed by atoms with Crippen LogP contribution in [0, 0.1) is 0 Å². The SMILES string of the molecule is CC(=O)C(=O)Oc1c[nH]c2ccc(O)cc12. The van der Waals surface area contributed by atoms with Gasteiger partial charge in [-0.3, -0.25) is 4.79 Å². The minimum Gasteiger partial charge on any atom is -0.508 e. The third-order valence-electron chi connectivity index (χ3n) is 2.12. The van der Waals surface area contributed by atoms with E-state index in [0.717, 1.165) is 6.92 Å². The van der Waals surface area contributed by atoms with E-state index in [1.165, 1.54) is 18.3 Å². The molecule has 0 aliphatic heterocycles. The number of Topliss-reactive ketones (excluding diaryl/α,β-unsaturated/α-hetero) is 1. The number of nitrogens with one attached hydrogen (secondary N) is 1. The van der Waals surface area contributed by atoms with Gasteiger partial charge in [0, 0.05) is 24.0 Å². The van der Waals surface area contributed by atoms with Crippen LogP contribution >= 0.6 is 0 Å². The average Bonchev–Trinajstić information content (AvgIpc) is 2.61. The van der Waals surface area contributed by atoms with Crippen LogP contribution in [0.5, 0.6) is 11.5 Å². The van der Waals surface area contributed by atoms with Gasteiger partial charge in [-0.25, -0.2) is 4.79 Å². The van der Waals surface area contributed by atoms with Gasteiger partial charge in [0.15, 0.2) is 5.75 Å². The summed E-state index contributed by atoms with van der Waals surface area (Å²) in [4.78, 5) is 24.7. The van der Waals surface area contributed by atoms with E-state index >= 15 is 0 Å². The molecule has 0 atom stereocenters. The second-order valence-corrected chi connectivity index (χ2v) is 3.33. The van der Waals surface area contributed by atoms with E-state index in [4.69, 9.17) is 4.74 Å². The zero-order valence-electron chi connectivity index (χ0n) is 8.48. The molecular weight excluding hydrogens is 210 g/mol. The van der Waals surface area contributed by atoms with Crippen molar-refractivity contribution in [1.82, 2.24) is 4.98 Å². The van der Waals surface area contributed by atoms with Gasteiger partial charge >= 0.3 is 5.97 Å². The molecule has 0 unspecified atom stereocenters. The molecule has 2 aromatic rings. The predicted molar refractivity (Wildman–Crippen MR) is 56.3 cm³/mol. The molecule has 82 valence electrons. The van der Waals surface area contributed by atoms with E-state index in [-0.39, 0.29) is 11.5 Å². The maximum atomic E-state index is 11.1. The first-order chi connectivity index (χ1) is 7.58. The first-order valence-corrected chi connectivity index (χ1v) is 4.61. The van der Waals surface area contributed by atoms with Crippen molar-refractivity contribution in [1.29, 1.82) is 0 Å². The maximum absolute atomic E-state index is 11.1. The minimum absolute atomic E-state index is 0.0622. The normalized spacial score (nSPS) is 10.3. The van der Waals surface area contributed by atoms with Gasteiger partial charge in [-0.15, -0.1) is 0 Å². The van der Waals surface area contributed by atoms with Crippen molar-refractivity contribution in [3.63, 3.8) is 0 Å². The van der Waals surface area contributed by atoms with Crippen LogP contribution in [0.3, 0.4) is 0 Å². The molecule has 2 rings (SSSR count). The molecule has 0 saturated carbocycles. The quantitative estimate of drug-likeness (QED) is 0.590. The molecule has 5 nitrogen and oxygen atoms in total. The van der Waals surface area contributed by atoms with Crippen LogP contribution < -0.4 is 4.74 Å². The Labute approximate surface area is 90.6 Å². The number of ether oxygens (including phenoxy) is 1. The van der Waals surface area contributed by atoms with Gasteiger partial charge in [0.1, 0.15) is 5.75 Å². The molecule has 0 radical (unpaired) electrons. The Morgan fingerprint density at radius 1 is 1.38 bits per heavy atom. The lowest BCUT2D eigenvalue weighted by molar-refractivity contribution is -0.145. The van der Waals surface area contributed by atoms with E-state index in [2.05, 4.69) is 4.98 Å². The molecule has 0 fully saturated rings. The Morgan fingerprint density at radius 2 is 2.12 bits per heavy atom. The number of ketones is 1. The van der Waals surface area contributed by atoms with Gasteiger partial charge in [-0.1, -0.05) is 0 Å².